The van der Waals surface area contributed by atoms with E-state index in [2.05, 4.69) is 10.3 Å². The molecular formula is C17H20N2O2. The van der Waals surface area contributed by atoms with E-state index in [4.69, 9.17) is 0 Å². The predicted octanol–water partition coefficient (Wildman–Crippen LogP) is 3.21. The third kappa shape index (κ3) is 3.40. The highest BCUT2D eigenvalue weighted by atomic mass is 16.3. The molecule has 1 aromatic heterocycles. The molecule has 0 fully saturated rings. The maximum Gasteiger partial charge on any atom is 0.253 e. The Kier molecular flexibility index (Phi) is 4.26. The maximum atomic E-state index is 12.0. The number of aromatic nitrogens is 1. The number of hydrogen-bond acceptors (Lipinski definition) is 3. The minimum atomic E-state index is -0.133. The van der Waals surface area contributed by atoms with Gasteiger partial charge in [0.05, 0.1) is 5.56 Å². The van der Waals surface area contributed by atoms with Gasteiger partial charge in [-0.25, -0.2) is 0 Å². The number of nitrogens with one attached hydrogen (secondary N) is 1. The molecule has 110 valence electrons. The average Bonchev–Trinajstić information content (AvgIpc) is 2.43. The zero-order valence-corrected chi connectivity index (χ0v) is 12.8. The first-order valence-electron chi connectivity index (χ1n) is 6.95. The van der Waals surface area contributed by atoms with Gasteiger partial charge in [0, 0.05) is 24.0 Å². The molecule has 0 bridgehead atoms. The number of pyridine rings is 1. The Morgan fingerprint density at radius 2 is 1.71 bits per heavy atom. The van der Waals surface area contributed by atoms with Crippen molar-refractivity contribution in [2.45, 2.75) is 33.7 Å². The van der Waals surface area contributed by atoms with Crippen molar-refractivity contribution in [3.63, 3.8) is 0 Å². The lowest BCUT2D eigenvalue weighted by atomic mass is 10.00. The molecule has 0 saturated heterocycles. The van der Waals surface area contributed by atoms with E-state index >= 15 is 0 Å². The van der Waals surface area contributed by atoms with Crippen LogP contribution in [0, 0.1) is 13.8 Å². The van der Waals surface area contributed by atoms with Crippen LogP contribution in [0.2, 0.25) is 0 Å². The van der Waals surface area contributed by atoms with Crippen LogP contribution in [-0.2, 0) is 0 Å². The van der Waals surface area contributed by atoms with Gasteiger partial charge in [-0.3, -0.25) is 9.78 Å². The lowest BCUT2D eigenvalue weighted by Gasteiger charge is -2.11. The summed E-state index contributed by atoms with van der Waals surface area (Å²) in [6.07, 6.45) is 3.28. The molecule has 2 rings (SSSR count). The summed E-state index contributed by atoms with van der Waals surface area (Å²) in [5, 5.41) is 12.7. The Labute approximate surface area is 124 Å². The first kappa shape index (κ1) is 15.0. The van der Waals surface area contributed by atoms with Crippen LogP contribution < -0.4 is 5.32 Å². The van der Waals surface area contributed by atoms with Crippen LogP contribution in [0.15, 0.2) is 30.6 Å². The van der Waals surface area contributed by atoms with E-state index in [0.29, 0.717) is 11.3 Å². The second kappa shape index (κ2) is 5.95. The van der Waals surface area contributed by atoms with Gasteiger partial charge >= 0.3 is 0 Å². The first-order valence-corrected chi connectivity index (χ1v) is 6.95. The maximum absolute atomic E-state index is 12.0. The van der Waals surface area contributed by atoms with Crippen molar-refractivity contribution in [1.82, 2.24) is 10.3 Å². The molecule has 0 atom stereocenters. The molecule has 0 aliphatic heterocycles. The number of benzene rings is 1. The van der Waals surface area contributed by atoms with Gasteiger partial charge in [-0.1, -0.05) is 0 Å². The Morgan fingerprint density at radius 3 is 2.29 bits per heavy atom. The van der Waals surface area contributed by atoms with Crippen LogP contribution in [0.5, 0.6) is 5.75 Å². The van der Waals surface area contributed by atoms with Crippen molar-refractivity contribution in [3.05, 3.63) is 47.3 Å². The van der Waals surface area contributed by atoms with Gasteiger partial charge in [0.2, 0.25) is 0 Å². The summed E-state index contributed by atoms with van der Waals surface area (Å²) in [7, 11) is 0. The van der Waals surface area contributed by atoms with E-state index in [1.165, 1.54) is 0 Å². The summed E-state index contributed by atoms with van der Waals surface area (Å²) in [6.45, 7) is 7.55. The number of amides is 1. The molecule has 2 aromatic rings. The van der Waals surface area contributed by atoms with E-state index in [1.807, 2.05) is 45.9 Å². The van der Waals surface area contributed by atoms with Crippen molar-refractivity contribution < 1.29 is 9.90 Å². The number of nitrogens with zero attached hydrogens (tertiary/aromatic N) is 1. The highest BCUT2D eigenvalue weighted by Gasteiger charge is 2.10. The van der Waals surface area contributed by atoms with E-state index in [1.54, 1.807) is 12.4 Å². The fourth-order valence-corrected chi connectivity index (χ4v) is 2.19. The fourth-order valence-electron chi connectivity index (χ4n) is 2.19. The summed E-state index contributed by atoms with van der Waals surface area (Å²) in [5.41, 5.74) is 3.95. The lowest BCUT2D eigenvalue weighted by Crippen LogP contribution is -2.30. The molecule has 0 saturated carbocycles. The van der Waals surface area contributed by atoms with E-state index in [0.717, 1.165) is 22.3 Å². The highest BCUT2D eigenvalue weighted by Crippen LogP contribution is 2.29. The van der Waals surface area contributed by atoms with E-state index < -0.39 is 0 Å². The van der Waals surface area contributed by atoms with Gasteiger partial charge in [-0.2, -0.15) is 0 Å². The van der Waals surface area contributed by atoms with Crippen LogP contribution in [-0.4, -0.2) is 22.0 Å². The minimum absolute atomic E-state index is 0.0827. The zero-order valence-electron chi connectivity index (χ0n) is 12.8. The SMILES string of the molecule is Cc1cc(-c2cncc(C(=O)NC(C)C)c2)cc(C)c1O. The van der Waals surface area contributed by atoms with Crippen LogP contribution in [0.4, 0.5) is 0 Å². The number of hydrogen-bond donors (Lipinski definition) is 2. The van der Waals surface area contributed by atoms with Crippen molar-refractivity contribution in [3.8, 4) is 16.9 Å². The summed E-state index contributed by atoms with van der Waals surface area (Å²) in [4.78, 5) is 16.2. The van der Waals surface area contributed by atoms with Gasteiger partial charge in [-0.15, -0.1) is 0 Å². The molecular weight excluding hydrogens is 264 g/mol. The van der Waals surface area contributed by atoms with Crippen LogP contribution in [0.25, 0.3) is 11.1 Å². The molecule has 4 heteroatoms. The van der Waals surface area contributed by atoms with Crippen LogP contribution >= 0.6 is 0 Å². The Hall–Kier alpha value is -2.36. The predicted molar refractivity (Wildman–Crippen MR) is 83.4 cm³/mol. The number of rotatable bonds is 3. The number of carbonyl (C=O) groups is 1. The van der Waals surface area contributed by atoms with Crippen molar-refractivity contribution in [2.75, 3.05) is 0 Å². The van der Waals surface area contributed by atoms with E-state index in [-0.39, 0.29) is 11.9 Å². The lowest BCUT2D eigenvalue weighted by molar-refractivity contribution is 0.0943. The molecule has 0 spiro atoms. The molecule has 1 amide bonds. The smallest absolute Gasteiger partial charge is 0.253 e. The number of aryl methyl sites for hydroxylation is 2. The largest absolute Gasteiger partial charge is 0.507 e. The van der Waals surface area contributed by atoms with Gasteiger partial charge in [0.25, 0.3) is 5.91 Å². The standard InChI is InChI=1S/C17H20N2O2/c1-10(2)19-17(21)15-7-14(8-18-9-15)13-5-11(3)16(20)12(4)6-13/h5-10,20H,1-4H3,(H,19,21). The second-order valence-electron chi connectivity index (χ2n) is 5.55. The van der Waals surface area contributed by atoms with Gasteiger partial charge in [0.15, 0.2) is 0 Å². The zero-order chi connectivity index (χ0) is 15.6. The highest BCUT2D eigenvalue weighted by molar-refractivity contribution is 5.95. The minimum Gasteiger partial charge on any atom is -0.507 e. The van der Waals surface area contributed by atoms with Crippen molar-refractivity contribution in [1.29, 1.82) is 0 Å². The third-order valence-electron chi connectivity index (χ3n) is 3.24. The van der Waals surface area contributed by atoms with Gasteiger partial charge in [-0.05, 0) is 62.6 Å². The molecule has 0 aliphatic carbocycles. The molecule has 1 heterocycles. The summed E-state index contributed by atoms with van der Waals surface area (Å²) >= 11 is 0. The molecule has 1 aromatic carbocycles. The summed E-state index contributed by atoms with van der Waals surface area (Å²) in [6, 6.07) is 5.68. The molecule has 0 radical (unpaired) electrons. The normalized spacial score (nSPS) is 10.7. The van der Waals surface area contributed by atoms with Crippen molar-refractivity contribution in [2.24, 2.45) is 0 Å². The quantitative estimate of drug-likeness (QED) is 0.909. The van der Waals surface area contributed by atoms with Crippen LogP contribution in [0.1, 0.15) is 35.3 Å². The van der Waals surface area contributed by atoms with Crippen LogP contribution in [0.3, 0.4) is 0 Å². The topological polar surface area (TPSA) is 62.2 Å². The van der Waals surface area contributed by atoms with Gasteiger partial charge < -0.3 is 10.4 Å². The monoisotopic (exact) mass is 284 g/mol. The molecule has 0 unspecified atom stereocenters. The molecule has 2 N–H and O–H groups in total. The number of phenols is 1. The Morgan fingerprint density at radius 1 is 1.10 bits per heavy atom. The first-order chi connectivity index (χ1) is 9.88. The number of phenolic OH excluding ortho intramolecular Hbond substituents is 1. The summed E-state index contributed by atoms with van der Waals surface area (Å²) in [5.74, 6) is 0.173. The Bertz CT molecular complexity index is 655. The van der Waals surface area contributed by atoms with E-state index in [9.17, 15) is 9.90 Å². The van der Waals surface area contributed by atoms with Crippen molar-refractivity contribution >= 4 is 5.91 Å². The number of aromatic hydroxyl groups is 1. The van der Waals surface area contributed by atoms with Gasteiger partial charge in [0.1, 0.15) is 5.75 Å². The number of carbonyl (C=O) groups excluding carboxylic acids is 1. The fraction of sp³-hybridized carbons (Fsp3) is 0.294. The third-order valence-corrected chi connectivity index (χ3v) is 3.24. The molecule has 0 aliphatic rings. The average molecular weight is 284 g/mol. The molecule has 4 nitrogen and oxygen atoms in total. The second-order valence-corrected chi connectivity index (χ2v) is 5.55. The summed E-state index contributed by atoms with van der Waals surface area (Å²) < 4.78 is 0. The Balaban J connectivity index is 2.40. The molecule has 21 heavy (non-hydrogen) atoms.